The quantitative estimate of drug-likeness (QED) is 0.0169. The Morgan fingerprint density at radius 1 is 0.309 bits per heavy atom. The van der Waals surface area contributed by atoms with Crippen LogP contribution in [0.1, 0.15) is 310 Å². The molecule has 5 unspecified atom stereocenters. The Hall–Kier alpha value is -3.76. The number of carbonyl (C=O) groups excluding carboxylic acids is 4. The van der Waals surface area contributed by atoms with Crippen LogP contribution in [0.3, 0.4) is 0 Å². The molecule has 0 saturated carbocycles. The maximum Gasteiger partial charge on any atom is 0.472 e. The number of ether oxygens (including phenoxy) is 4. The van der Waals surface area contributed by atoms with E-state index in [1.54, 1.807) is 0 Å². The van der Waals surface area contributed by atoms with Crippen LogP contribution in [0.5, 0.6) is 0 Å². The van der Waals surface area contributed by atoms with Gasteiger partial charge in [-0.25, -0.2) is 9.13 Å². The van der Waals surface area contributed by atoms with Gasteiger partial charge in [0.25, 0.3) is 0 Å². The van der Waals surface area contributed by atoms with Crippen molar-refractivity contribution >= 4 is 39.5 Å². The van der Waals surface area contributed by atoms with Gasteiger partial charge in [-0.05, 0) is 116 Å². The van der Waals surface area contributed by atoms with Crippen molar-refractivity contribution in [3.63, 3.8) is 0 Å². The molecule has 94 heavy (non-hydrogen) atoms. The molecule has 0 aromatic rings. The molecule has 0 fully saturated rings. The zero-order valence-corrected chi connectivity index (χ0v) is 60.9. The van der Waals surface area contributed by atoms with Gasteiger partial charge in [-0.3, -0.25) is 37.3 Å². The highest BCUT2D eigenvalue weighted by Gasteiger charge is 2.30. The standard InChI is InChI=1S/C75H132O17P2/c1-5-9-13-17-21-25-29-32-34-37-41-44-48-52-56-60-73(78)86-66-71(92-75(80)62-58-54-50-46-42-38-35-33-30-26-22-18-14-10-6-2)68-90-94(83,84)88-64-69(76)63-87-93(81,82)89-67-70(91-74(79)61-57-53-49-45-39-28-24-20-16-12-8-4)65-85-72(77)59-55-51-47-43-40-36-31-27-23-19-15-11-7-3/h9,13,20-22,24-26,32-35,41,44,69-71,76H,5-8,10-12,14-19,23,27-31,36-40,42-43,45-68H2,1-4H3,(H,81,82)(H,83,84)/b13-9-,24-20-,25-21-,26-22-,34-32-,35-33-,44-41-. The predicted octanol–water partition coefficient (Wildman–Crippen LogP) is 20.7. The molecular weight excluding hydrogens is 1230 g/mol. The highest BCUT2D eigenvalue weighted by Crippen LogP contribution is 2.45. The summed E-state index contributed by atoms with van der Waals surface area (Å²) in [5, 5.41) is 10.6. The summed E-state index contributed by atoms with van der Waals surface area (Å²) < 4.78 is 68.3. The molecular formula is C75H132O17P2. The molecule has 0 aromatic heterocycles. The van der Waals surface area contributed by atoms with Gasteiger partial charge in [0.05, 0.1) is 26.4 Å². The number of hydrogen-bond acceptors (Lipinski definition) is 15. The van der Waals surface area contributed by atoms with Gasteiger partial charge in [0.2, 0.25) is 0 Å². The molecule has 0 spiro atoms. The van der Waals surface area contributed by atoms with Crippen molar-refractivity contribution < 1.29 is 80.2 Å². The summed E-state index contributed by atoms with van der Waals surface area (Å²) in [5.74, 6) is -2.23. The molecule has 0 aliphatic carbocycles. The Morgan fingerprint density at radius 3 is 0.936 bits per heavy atom. The van der Waals surface area contributed by atoms with Crippen LogP contribution in [0.15, 0.2) is 85.1 Å². The minimum atomic E-state index is -4.98. The predicted molar refractivity (Wildman–Crippen MR) is 381 cm³/mol. The monoisotopic (exact) mass is 1370 g/mol. The molecule has 0 radical (unpaired) electrons. The van der Waals surface area contributed by atoms with Crippen LogP contribution in [-0.2, 0) is 65.4 Å². The molecule has 0 aliphatic rings. The number of unbranched alkanes of at least 4 members (excludes halogenated alkanes) is 29. The molecule has 0 aromatic carbocycles. The molecule has 3 N–H and O–H groups in total. The molecule has 0 amide bonds. The second kappa shape index (κ2) is 67.8. The van der Waals surface area contributed by atoms with Crippen LogP contribution < -0.4 is 0 Å². The Labute approximate surface area is 570 Å². The van der Waals surface area contributed by atoms with Crippen molar-refractivity contribution in [1.29, 1.82) is 0 Å². The first kappa shape index (κ1) is 90.2. The molecule has 0 heterocycles. The summed E-state index contributed by atoms with van der Waals surface area (Å²) in [5.41, 5.74) is 0. The van der Waals surface area contributed by atoms with Crippen molar-refractivity contribution in [3.05, 3.63) is 85.1 Å². The third-order valence-corrected chi connectivity index (χ3v) is 17.2. The van der Waals surface area contributed by atoms with Crippen LogP contribution in [0, 0.1) is 0 Å². The van der Waals surface area contributed by atoms with E-state index in [9.17, 15) is 43.2 Å². The smallest absolute Gasteiger partial charge is 0.462 e. The number of aliphatic hydroxyl groups is 1. The number of allylic oxidation sites excluding steroid dienone is 14. The topological polar surface area (TPSA) is 237 Å². The molecule has 0 saturated heterocycles. The summed E-state index contributed by atoms with van der Waals surface area (Å²) in [7, 11) is -9.95. The van der Waals surface area contributed by atoms with Crippen LogP contribution >= 0.6 is 15.6 Å². The lowest BCUT2D eigenvalue weighted by molar-refractivity contribution is -0.161. The van der Waals surface area contributed by atoms with E-state index in [1.165, 1.54) is 89.9 Å². The van der Waals surface area contributed by atoms with E-state index < -0.39 is 97.5 Å². The number of hydrogen-bond donors (Lipinski definition) is 3. The zero-order chi connectivity index (χ0) is 69.0. The molecule has 17 nitrogen and oxygen atoms in total. The maximum absolute atomic E-state index is 13.0. The van der Waals surface area contributed by atoms with Gasteiger partial charge < -0.3 is 33.8 Å². The highest BCUT2D eigenvalue weighted by molar-refractivity contribution is 7.47. The van der Waals surface area contributed by atoms with E-state index in [4.69, 9.17) is 37.0 Å². The summed E-state index contributed by atoms with van der Waals surface area (Å²) in [4.78, 5) is 72.6. The highest BCUT2D eigenvalue weighted by atomic mass is 31.2. The van der Waals surface area contributed by atoms with Crippen molar-refractivity contribution in [2.75, 3.05) is 39.6 Å². The van der Waals surface area contributed by atoms with Gasteiger partial charge in [0.1, 0.15) is 19.3 Å². The van der Waals surface area contributed by atoms with Crippen molar-refractivity contribution in [2.45, 2.75) is 329 Å². The van der Waals surface area contributed by atoms with E-state index in [1.807, 2.05) is 0 Å². The summed E-state index contributed by atoms with van der Waals surface area (Å²) >= 11 is 0. The summed E-state index contributed by atoms with van der Waals surface area (Å²) in [6.07, 6.45) is 67.3. The Morgan fingerprint density at radius 2 is 0.564 bits per heavy atom. The average molecular weight is 1370 g/mol. The number of aliphatic hydroxyl groups excluding tert-OH is 1. The van der Waals surface area contributed by atoms with E-state index >= 15 is 0 Å². The SMILES string of the molecule is CC/C=C\C/C=C\C/C=C\C/C=C\CCCCC(=O)OCC(COP(=O)(O)OCC(O)COP(=O)(O)OCC(COC(=O)CCCCCCCCCCCCCCC)OC(=O)CCCCCCC/C=C\CCCC)OC(=O)CCCCCCC/C=C\C/C=C\CCCCC. The second-order valence-electron chi connectivity index (χ2n) is 24.5. The number of carbonyl (C=O) groups is 4. The van der Waals surface area contributed by atoms with E-state index in [-0.39, 0.29) is 25.7 Å². The van der Waals surface area contributed by atoms with Gasteiger partial charge in [-0.1, -0.05) is 254 Å². The fraction of sp³-hybridized carbons (Fsp3) is 0.760. The Bertz CT molecular complexity index is 2120. The lowest BCUT2D eigenvalue weighted by atomic mass is 10.0. The minimum absolute atomic E-state index is 0.0704. The van der Waals surface area contributed by atoms with Crippen molar-refractivity contribution in [3.8, 4) is 0 Å². The fourth-order valence-electron chi connectivity index (χ4n) is 9.69. The number of rotatable bonds is 69. The first-order chi connectivity index (χ1) is 45.7. The van der Waals surface area contributed by atoms with E-state index in [0.29, 0.717) is 25.7 Å². The Balaban J connectivity index is 5.36. The zero-order valence-electron chi connectivity index (χ0n) is 59.1. The maximum atomic E-state index is 13.0. The first-order valence-electron chi connectivity index (χ1n) is 36.8. The van der Waals surface area contributed by atoms with Gasteiger partial charge >= 0.3 is 39.5 Å². The molecule has 5 atom stereocenters. The molecule has 544 valence electrons. The lowest BCUT2D eigenvalue weighted by Crippen LogP contribution is -2.30. The van der Waals surface area contributed by atoms with Crippen molar-refractivity contribution in [1.82, 2.24) is 0 Å². The molecule has 0 rings (SSSR count). The average Bonchev–Trinajstić information content (AvgIpc) is 1.36. The summed E-state index contributed by atoms with van der Waals surface area (Å²) in [6.45, 7) is 4.63. The molecule has 19 heteroatoms. The van der Waals surface area contributed by atoms with Gasteiger partial charge in [0, 0.05) is 25.7 Å². The van der Waals surface area contributed by atoms with E-state index in [0.717, 1.165) is 141 Å². The van der Waals surface area contributed by atoms with Crippen LogP contribution in [0.2, 0.25) is 0 Å². The number of phosphoric ester groups is 2. The number of phosphoric acid groups is 2. The van der Waals surface area contributed by atoms with Gasteiger partial charge in [-0.2, -0.15) is 0 Å². The van der Waals surface area contributed by atoms with Crippen LogP contribution in [0.4, 0.5) is 0 Å². The van der Waals surface area contributed by atoms with Gasteiger partial charge in [-0.15, -0.1) is 0 Å². The van der Waals surface area contributed by atoms with Gasteiger partial charge in [0.15, 0.2) is 12.2 Å². The van der Waals surface area contributed by atoms with E-state index in [2.05, 4.69) is 113 Å². The second-order valence-corrected chi connectivity index (χ2v) is 27.4. The molecule has 0 bridgehead atoms. The lowest BCUT2D eigenvalue weighted by Gasteiger charge is -2.21. The summed E-state index contributed by atoms with van der Waals surface area (Å²) in [6, 6.07) is 0. The third-order valence-electron chi connectivity index (χ3n) is 15.3. The largest absolute Gasteiger partial charge is 0.472 e. The van der Waals surface area contributed by atoms with Crippen molar-refractivity contribution in [2.24, 2.45) is 0 Å². The Kier molecular flexibility index (Phi) is 65.1. The van der Waals surface area contributed by atoms with Crippen LogP contribution in [-0.4, -0.2) is 96.7 Å². The normalized spacial score (nSPS) is 14.5. The molecule has 0 aliphatic heterocycles. The third kappa shape index (κ3) is 66.8. The minimum Gasteiger partial charge on any atom is -0.462 e. The number of esters is 4. The fourth-order valence-corrected chi connectivity index (χ4v) is 11.3. The first-order valence-corrected chi connectivity index (χ1v) is 39.8. The van der Waals surface area contributed by atoms with Crippen LogP contribution in [0.25, 0.3) is 0 Å².